The molecule has 0 saturated carbocycles. The van der Waals surface area contributed by atoms with Crippen LogP contribution in [-0.4, -0.2) is 34.8 Å². The van der Waals surface area contributed by atoms with Crippen LogP contribution in [0, 0.1) is 0 Å². The van der Waals surface area contributed by atoms with Crippen molar-refractivity contribution in [1.82, 2.24) is 15.3 Å². The molecule has 1 aromatic heterocycles. The number of ether oxygens (including phenoxy) is 1. The molecule has 0 bridgehead atoms. The van der Waals surface area contributed by atoms with Gasteiger partial charge in [-0.1, -0.05) is 6.07 Å². The van der Waals surface area contributed by atoms with Gasteiger partial charge in [0.1, 0.15) is 17.1 Å². The quantitative estimate of drug-likeness (QED) is 0.591. The van der Waals surface area contributed by atoms with Crippen molar-refractivity contribution in [3.8, 4) is 0 Å². The van der Waals surface area contributed by atoms with E-state index in [0.29, 0.717) is 30.0 Å². The van der Waals surface area contributed by atoms with E-state index in [0.717, 1.165) is 5.39 Å². The van der Waals surface area contributed by atoms with Crippen LogP contribution in [0.3, 0.4) is 0 Å². The van der Waals surface area contributed by atoms with Gasteiger partial charge in [0, 0.05) is 18.5 Å². The van der Waals surface area contributed by atoms with Crippen molar-refractivity contribution < 1.29 is 13.9 Å². The van der Waals surface area contributed by atoms with Gasteiger partial charge in [-0.25, -0.2) is 19.2 Å². The lowest BCUT2D eigenvalue weighted by atomic mass is 9.99. The number of aromatic nitrogens is 2. The molecule has 0 radical (unpaired) electrons. The summed E-state index contributed by atoms with van der Waals surface area (Å²) in [7, 11) is 0. The van der Waals surface area contributed by atoms with Crippen LogP contribution in [-0.2, 0) is 10.4 Å². The number of hydrogen-bond acceptors (Lipinski definition) is 5. The molecule has 2 rings (SSSR count). The zero-order valence-electron chi connectivity index (χ0n) is 15.6. The first-order valence-corrected chi connectivity index (χ1v) is 8.71. The Labute approximate surface area is 157 Å². The number of anilines is 1. The minimum absolute atomic E-state index is 0.0638. The van der Waals surface area contributed by atoms with E-state index in [9.17, 15) is 9.18 Å². The lowest BCUT2D eigenvalue weighted by Crippen LogP contribution is -2.35. The average molecular weight is 383 g/mol. The largest absolute Gasteiger partial charge is 0.444 e. The van der Waals surface area contributed by atoms with E-state index in [1.54, 1.807) is 39.0 Å². The smallest absolute Gasteiger partial charge is 0.407 e. The van der Waals surface area contributed by atoms with Gasteiger partial charge in [-0.2, -0.15) is 0 Å². The summed E-state index contributed by atoms with van der Waals surface area (Å²) in [6.07, 6.45) is -0.486. The molecule has 1 amide bonds. The normalized spacial score (nSPS) is 12.1. The monoisotopic (exact) mass is 382 g/mol. The fourth-order valence-electron chi connectivity index (χ4n) is 2.27. The number of carbonyl (C=O) groups is 1. The summed E-state index contributed by atoms with van der Waals surface area (Å²) >= 11 is 5.98. The highest BCUT2D eigenvalue weighted by atomic mass is 35.5. The lowest BCUT2D eigenvalue weighted by molar-refractivity contribution is 0.0530. The van der Waals surface area contributed by atoms with E-state index >= 15 is 0 Å². The zero-order chi connectivity index (χ0) is 19.5. The Bertz CT molecular complexity index is 800. The maximum Gasteiger partial charge on any atom is 0.407 e. The van der Waals surface area contributed by atoms with Gasteiger partial charge >= 0.3 is 6.09 Å². The molecule has 2 aromatic rings. The van der Waals surface area contributed by atoms with E-state index in [-0.39, 0.29) is 5.28 Å². The molecular formula is C18H24ClFN4O2. The second-order valence-electron chi connectivity index (χ2n) is 7.40. The second kappa shape index (κ2) is 7.61. The van der Waals surface area contributed by atoms with Gasteiger partial charge in [-0.15, -0.1) is 0 Å². The van der Waals surface area contributed by atoms with Crippen molar-refractivity contribution in [2.45, 2.75) is 45.9 Å². The summed E-state index contributed by atoms with van der Waals surface area (Å²) in [6, 6.07) is 5.11. The first-order valence-electron chi connectivity index (χ1n) is 8.33. The molecule has 0 saturated heterocycles. The molecule has 0 unspecified atom stereocenters. The highest BCUT2D eigenvalue weighted by Gasteiger charge is 2.20. The van der Waals surface area contributed by atoms with Crippen molar-refractivity contribution in [3.63, 3.8) is 0 Å². The number of amides is 1. The lowest BCUT2D eigenvalue weighted by Gasteiger charge is -2.19. The molecule has 0 aliphatic carbocycles. The molecule has 2 N–H and O–H groups in total. The molecule has 6 nitrogen and oxygen atoms in total. The number of alkyl carbamates (subject to hydrolysis) is 1. The van der Waals surface area contributed by atoms with E-state index in [1.807, 2.05) is 0 Å². The molecule has 0 spiro atoms. The van der Waals surface area contributed by atoms with Gasteiger partial charge in [0.2, 0.25) is 5.28 Å². The Kier molecular flexibility index (Phi) is 5.91. The molecule has 0 aliphatic rings. The summed E-state index contributed by atoms with van der Waals surface area (Å²) in [5.41, 5.74) is -0.958. The van der Waals surface area contributed by atoms with Gasteiger partial charge in [-0.05, 0) is 63.9 Å². The fraction of sp³-hybridized carbons (Fsp3) is 0.500. The van der Waals surface area contributed by atoms with Gasteiger partial charge < -0.3 is 15.4 Å². The molecule has 1 heterocycles. The second-order valence-corrected chi connectivity index (χ2v) is 7.74. The summed E-state index contributed by atoms with van der Waals surface area (Å²) in [4.78, 5) is 20.0. The number of benzene rings is 1. The third-order valence-electron chi connectivity index (χ3n) is 3.44. The molecule has 0 aliphatic heterocycles. The number of rotatable bonds is 5. The van der Waals surface area contributed by atoms with Crippen LogP contribution in [0.15, 0.2) is 18.2 Å². The van der Waals surface area contributed by atoms with Crippen LogP contribution in [0.4, 0.5) is 15.0 Å². The topological polar surface area (TPSA) is 76.1 Å². The Morgan fingerprint density at radius 2 is 1.88 bits per heavy atom. The Balaban J connectivity index is 2.07. The van der Waals surface area contributed by atoms with Gasteiger partial charge in [0.25, 0.3) is 0 Å². The summed E-state index contributed by atoms with van der Waals surface area (Å²) < 4.78 is 19.3. The number of alkyl halides is 1. The Morgan fingerprint density at radius 3 is 2.50 bits per heavy atom. The van der Waals surface area contributed by atoms with Crippen molar-refractivity contribution in [3.05, 3.63) is 29.0 Å². The van der Waals surface area contributed by atoms with Gasteiger partial charge in [0.05, 0.1) is 5.52 Å². The van der Waals surface area contributed by atoms with Gasteiger partial charge in [0.15, 0.2) is 0 Å². The highest BCUT2D eigenvalue weighted by molar-refractivity contribution is 6.28. The van der Waals surface area contributed by atoms with E-state index < -0.39 is 17.4 Å². The van der Waals surface area contributed by atoms with Crippen molar-refractivity contribution in [2.75, 3.05) is 18.4 Å². The predicted molar refractivity (Wildman–Crippen MR) is 101 cm³/mol. The SMILES string of the molecule is CC(C)(C)OC(=O)NCCNc1nc(Cl)nc2cc(C(C)(C)F)ccc12. The number of carbonyl (C=O) groups excluding carboxylic acids is 1. The first-order chi connectivity index (χ1) is 12.0. The summed E-state index contributed by atoms with van der Waals surface area (Å²) in [5, 5.41) is 6.54. The van der Waals surface area contributed by atoms with Crippen molar-refractivity contribution >= 4 is 34.4 Å². The van der Waals surface area contributed by atoms with Crippen LogP contribution in [0.1, 0.15) is 40.2 Å². The molecule has 26 heavy (non-hydrogen) atoms. The number of nitrogens with one attached hydrogen (secondary N) is 2. The fourth-order valence-corrected chi connectivity index (χ4v) is 2.44. The molecule has 0 atom stereocenters. The highest BCUT2D eigenvalue weighted by Crippen LogP contribution is 2.29. The van der Waals surface area contributed by atoms with E-state index in [2.05, 4.69) is 20.6 Å². The summed E-state index contributed by atoms with van der Waals surface area (Å²) in [6.45, 7) is 9.12. The molecule has 142 valence electrons. The minimum atomic E-state index is -1.48. The molecule has 8 heteroatoms. The number of halogens is 2. The molecular weight excluding hydrogens is 359 g/mol. The van der Waals surface area contributed by atoms with E-state index in [4.69, 9.17) is 16.3 Å². The van der Waals surface area contributed by atoms with Crippen molar-refractivity contribution in [2.24, 2.45) is 0 Å². The standard InChI is InChI=1S/C18H24ClFN4O2/c1-17(2,3)26-16(25)22-9-8-21-14-12-7-6-11(18(4,5)20)10-13(12)23-15(19)24-14/h6-7,10H,8-9H2,1-5H3,(H,22,25)(H,21,23,24). The molecule has 1 aromatic carbocycles. The van der Waals surface area contributed by atoms with Crippen LogP contribution >= 0.6 is 11.6 Å². The third-order valence-corrected chi connectivity index (χ3v) is 3.61. The predicted octanol–water partition coefficient (Wildman–Crippen LogP) is 4.42. The maximum absolute atomic E-state index is 14.1. The molecule has 0 fully saturated rings. The first kappa shape index (κ1) is 20.2. The number of fused-ring (bicyclic) bond motifs is 1. The van der Waals surface area contributed by atoms with Crippen molar-refractivity contribution in [1.29, 1.82) is 0 Å². The maximum atomic E-state index is 14.1. The number of nitrogens with zero attached hydrogens (tertiary/aromatic N) is 2. The zero-order valence-corrected chi connectivity index (χ0v) is 16.4. The number of hydrogen-bond donors (Lipinski definition) is 2. The summed E-state index contributed by atoms with van der Waals surface area (Å²) in [5.74, 6) is 0.522. The van der Waals surface area contributed by atoms with Crippen LogP contribution in [0.25, 0.3) is 10.9 Å². The van der Waals surface area contributed by atoms with Crippen LogP contribution < -0.4 is 10.6 Å². The Morgan fingerprint density at radius 1 is 1.19 bits per heavy atom. The Hall–Kier alpha value is -2.15. The van der Waals surface area contributed by atoms with E-state index in [1.165, 1.54) is 13.8 Å². The van der Waals surface area contributed by atoms with Crippen LogP contribution in [0.5, 0.6) is 0 Å². The van der Waals surface area contributed by atoms with Crippen LogP contribution in [0.2, 0.25) is 5.28 Å². The average Bonchev–Trinajstić information content (AvgIpc) is 2.48. The van der Waals surface area contributed by atoms with Gasteiger partial charge in [-0.3, -0.25) is 0 Å². The minimum Gasteiger partial charge on any atom is -0.444 e. The third kappa shape index (κ3) is 5.69.